The third kappa shape index (κ3) is 2.00. The lowest BCUT2D eigenvalue weighted by atomic mass is 10.1. The molecule has 1 saturated carbocycles. The summed E-state index contributed by atoms with van der Waals surface area (Å²) in [5, 5.41) is 11.9. The predicted molar refractivity (Wildman–Crippen MR) is 82.6 cm³/mol. The summed E-state index contributed by atoms with van der Waals surface area (Å²) in [6.07, 6.45) is 2.11. The molecule has 22 heavy (non-hydrogen) atoms. The summed E-state index contributed by atoms with van der Waals surface area (Å²) in [5.41, 5.74) is 1.91. The lowest BCUT2D eigenvalue weighted by Crippen LogP contribution is -2.34. The van der Waals surface area contributed by atoms with E-state index in [1.807, 2.05) is 16.5 Å². The molecule has 2 aliphatic heterocycles. The zero-order valence-corrected chi connectivity index (χ0v) is 13.7. The van der Waals surface area contributed by atoms with Crippen LogP contribution in [0.3, 0.4) is 0 Å². The second kappa shape index (κ2) is 4.78. The second-order valence-corrected chi connectivity index (χ2v) is 7.69. The molecule has 120 valence electrons. The van der Waals surface area contributed by atoms with E-state index >= 15 is 0 Å². The van der Waals surface area contributed by atoms with Crippen molar-refractivity contribution >= 4 is 5.91 Å². The standard InChI is InChI=1S/C16H25N5O/c1-10-14(18-19-21(10)11-4-6-17-7-5-11)15(22)20-8-12-13(9-20)16(12,2)3/h11-13,17H,4-9H2,1-3H3. The quantitative estimate of drug-likeness (QED) is 0.893. The van der Waals surface area contributed by atoms with Crippen molar-refractivity contribution in [1.82, 2.24) is 25.2 Å². The number of aromatic nitrogens is 3. The van der Waals surface area contributed by atoms with Gasteiger partial charge in [-0.05, 0) is 50.1 Å². The Labute approximate surface area is 131 Å². The minimum atomic E-state index is 0.0701. The van der Waals surface area contributed by atoms with Gasteiger partial charge in [0.15, 0.2) is 5.69 Å². The fourth-order valence-electron chi connectivity index (χ4n) is 4.38. The average molecular weight is 303 g/mol. The minimum absolute atomic E-state index is 0.0701. The first-order valence-electron chi connectivity index (χ1n) is 8.42. The van der Waals surface area contributed by atoms with Crippen molar-refractivity contribution in [2.75, 3.05) is 26.2 Å². The normalized spacial score (nSPS) is 30.4. The number of likely N-dealkylation sites (tertiary alicyclic amines) is 1. The topological polar surface area (TPSA) is 63.1 Å². The monoisotopic (exact) mass is 303 g/mol. The van der Waals surface area contributed by atoms with Crippen molar-refractivity contribution < 1.29 is 4.79 Å². The van der Waals surface area contributed by atoms with Crippen molar-refractivity contribution in [1.29, 1.82) is 0 Å². The first-order chi connectivity index (χ1) is 10.5. The molecule has 2 saturated heterocycles. The zero-order chi connectivity index (χ0) is 15.5. The van der Waals surface area contributed by atoms with Crippen LogP contribution in [0.15, 0.2) is 0 Å². The van der Waals surface area contributed by atoms with E-state index in [2.05, 4.69) is 29.5 Å². The summed E-state index contributed by atoms with van der Waals surface area (Å²) in [6.45, 7) is 10.4. The molecule has 0 radical (unpaired) electrons. The van der Waals surface area contributed by atoms with E-state index in [4.69, 9.17) is 0 Å². The summed E-state index contributed by atoms with van der Waals surface area (Å²) < 4.78 is 1.97. The van der Waals surface area contributed by atoms with Crippen LogP contribution in [0.25, 0.3) is 0 Å². The average Bonchev–Trinajstić information content (AvgIpc) is 2.95. The highest BCUT2D eigenvalue weighted by molar-refractivity contribution is 5.93. The van der Waals surface area contributed by atoms with Crippen molar-refractivity contribution in [3.63, 3.8) is 0 Å². The number of carbonyl (C=O) groups is 1. The molecule has 6 nitrogen and oxygen atoms in total. The molecule has 3 aliphatic rings. The van der Waals surface area contributed by atoms with Crippen LogP contribution in [-0.2, 0) is 0 Å². The van der Waals surface area contributed by atoms with Gasteiger partial charge < -0.3 is 10.2 Å². The van der Waals surface area contributed by atoms with Gasteiger partial charge in [0.2, 0.25) is 0 Å². The molecule has 6 heteroatoms. The van der Waals surface area contributed by atoms with Gasteiger partial charge in [-0.1, -0.05) is 19.1 Å². The number of nitrogens with one attached hydrogen (secondary N) is 1. The molecule has 2 unspecified atom stereocenters. The minimum Gasteiger partial charge on any atom is -0.337 e. The third-order valence-electron chi connectivity index (χ3n) is 6.19. The Bertz CT molecular complexity index is 588. The van der Waals surface area contributed by atoms with Gasteiger partial charge in [0, 0.05) is 13.1 Å². The molecule has 3 heterocycles. The largest absolute Gasteiger partial charge is 0.337 e. The summed E-state index contributed by atoms with van der Waals surface area (Å²) >= 11 is 0. The first-order valence-corrected chi connectivity index (χ1v) is 8.42. The van der Waals surface area contributed by atoms with Crippen LogP contribution in [0.2, 0.25) is 0 Å². The number of carbonyl (C=O) groups excluding carboxylic acids is 1. The van der Waals surface area contributed by atoms with Gasteiger partial charge in [-0.15, -0.1) is 5.10 Å². The number of nitrogens with zero attached hydrogens (tertiary/aromatic N) is 4. The molecule has 0 spiro atoms. The molecule has 3 fully saturated rings. The van der Waals surface area contributed by atoms with Gasteiger partial charge in [-0.25, -0.2) is 4.68 Å². The van der Waals surface area contributed by atoms with Crippen LogP contribution >= 0.6 is 0 Å². The number of fused-ring (bicyclic) bond motifs is 1. The van der Waals surface area contributed by atoms with E-state index in [1.165, 1.54) is 0 Å². The van der Waals surface area contributed by atoms with Gasteiger partial charge in [-0.2, -0.15) is 0 Å². The Hall–Kier alpha value is -1.43. The van der Waals surface area contributed by atoms with E-state index < -0.39 is 0 Å². The number of piperidine rings is 2. The number of hydrogen-bond donors (Lipinski definition) is 1. The SMILES string of the molecule is Cc1c(C(=O)N2CC3C(C2)C3(C)C)nnn1C1CCNCC1. The van der Waals surface area contributed by atoms with Crippen LogP contribution in [0.1, 0.15) is 48.9 Å². The van der Waals surface area contributed by atoms with Crippen LogP contribution in [0, 0.1) is 24.2 Å². The molecule has 1 N–H and O–H groups in total. The summed E-state index contributed by atoms with van der Waals surface area (Å²) in [5.74, 6) is 1.42. The Kier molecular flexibility index (Phi) is 3.08. The summed E-state index contributed by atoms with van der Waals surface area (Å²) in [7, 11) is 0. The second-order valence-electron chi connectivity index (χ2n) is 7.69. The van der Waals surface area contributed by atoms with Crippen molar-refractivity contribution in [3.05, 3.63) is 11.4 Å². The van der Waals surface area contributed by atoms with Crippen molar-refractivity contribution in [2.45, 2.75) is 39.7 Å². The lowest BCUT2D eigenvalue weighted by molar-refractivity contribution is 0.0751. The van der Waals surface area contributed by atoms with Crippen molar-refractivity contribution in [2.24, 2.45) is 17.3 Å². The van der Waals surface area contributed by atoms with Crippen LogP contribution in [0.4, 0.5) is 0 Å². The maximum atomic E-state index is 12.7. The fraction of sp³-hybridized carbons (Fsp3) is 0.812. The van der Waals surface area contributed by atoms with Crippen molar-refractivity contribution in [3.8, 4) is 0 Å². The van der Waals surface area contributed by atoms with Gasteiger partial charge in [0.25, 0.3) is 5.91 Å². The molecule has 1 aromatic heterocycles. The van der Waals surface area contributed by atoms with E-state index in [1.54, 1.807) is 0 Å². The highest BCUT2D eigenvalue weighted by Gasteiger charge is 2.62. The lowest BCUT2D eigenvalue weighted by Gasteiger charge is -2.24. The first kappa shape index (κ1) is 14.2. The number of rotatable bonds is 2. The maximum Gasteiger partial charge on any atom is 0.276 e. The smallest absolute Gasteiger partial charge is 0.276 e. The van der Waals surface area contributed by atoms with Gasteiger partial charge in [0.1, 0.15) is 0 Å². The van der Waals surface area contributed by atoms with E-state index in [9.17, 15) is 4.79 Å². The van der Waals surface area contributed by atoms with Gasteiger partial charge in [-0.3, -0.25) is 4.79 Å². The van der Waals surface area contributed by atoms with Crippen LogP contribution in [-0.4, -0.2) is 52.0 Å². The molecule has 1 aliphatic carbocycles. The van der Waals surface area contributed by atoms with E-state index in [-0.39, 0.29) is 5.91 Å². The molecule has 0 bridgehead atoms. The Morgan fingerprint density at radius 2 is 1.86 bits per heavy atom. The van der Waals surface area contributed by atoms with E-state index in [0.29, 0.717) is 29.0 Å². The van der Waals surface area contributed by atoms with Gasteiger partial charge >= 0.3 is 0 Å². The molecule has 1 amide bonds. The molecule has 1 aromatic rings. The highest BCUT2D eigenvalue weighted by atomic mass is 16.2. The predicted octanol–water partition coefficient (Wildman–Crippen LogP) is 1.24. The maximum absolute atomic E-state index is 12.7. The molecular weight excluding hydrogens is 278 g/mol. The molecule has 0 aromatic carbocycles. The Morgan fingerprint density at radius 3 is 2.50 bits per heavy atom. The molecule has 4 rings (SSSR count). The molecule has 2 atom stereocenters. The Balaban J connectivity index is 1.49. The Morgan fingerprint density at radius 1 is 1.23 bits per heavy atom. The highest BCUT2D eigenvalue weighted by Crippen LogP contribution is 2.62. The van der Waals surface area contributed by atoms with Gasteiger partial charge in [0.05, 0.1) is 11.7 Å². The summed E-state index contributed by atoms with van der Waals surface area (Å²) in [6, 6.07) is 0.376. The van der Waals surface area contributed by atoms with E-state index in [0.717, 1.165) is 44.7 Å². The summed E-state index contributed by atoms with van der Waals surface area (Å²) in [4.78, 5) is 14.7. The molecular formula is C16H25N5O. The van der Waals surface area contributed by atoms with Crippen LogP contribution in [0.5, 0.6) is 0 Å². The van der Waals surface area contributed by atoms with Crippen LogP contribution < -0.4 is 5.32 Å². The zero-order valence-electron chi connectivity index (χ0n) is 13.7. The fourth-order valence-corrected chi connectivity index (χ4v) is 4.38. The third-order valence-corrected chi connectivity index (χ3v) is 6.19. The number of amides is 1. The number of hydrogen-bond acceptors (Lipinski definition) is 4.